The second-order valence-corrected chi connectivity index (χ2v) is 8.56. The first-order chi connectivity index (χ1) is 13.8. The molecule has 1 atom stereocenters. The molecule has 0 aliphatic rings. The smallest absolute Gasteiger partial charge is 0.247 e. The van der Waals surface area contributed by atoms with Gasteiger partial charge in [0.25, 0.3) is 0 Å². The van der Waals surface area contributed by atoms with E-state index in [0.717, 1.165) is 10.6 Å². The lowest BCUT2D eigenvalue weighted by atomic mass is 10.1. The number of sulfonamides is 1. The third-order valence-electron chi connectivity index (χ3n) is 4.35. The normalized spacial score (nSPS) is 12.4. The Morgan fingerprint density at radius 1 is 0.862 bits per heavy atom. The Kier molecular flexibility index (Phi) is 6.31. The first kappa shape index (κ1) is 20.6. The summed E-state index contributed by atoms with van der Waals surface area (Å²) in [6.07, 6.45) is 1.08. The zero-order valence-electron chi connectivity index (χ0n) is 16.1. The molecule has 0 radical (unpaired) electrons. The van der Waals surface area contributed by atoms with Gasteiger partial charge in [-0.1, -0.05) is 48.5 Å². The Labute approximate surface area is 170 Å². The molecule has 1 N–H and O–H groups in total. The summed E-state index contributed by atoms with van der Waals surface area (Å²) in [6, 6.07) is 24.1. The highest BCUT2D eigenvalue weighted by Gasteiger charge is 2.30. The number of nitrogens with one attached hydrogen (secondary N) is 1. The van der Waals surface area contributed by atoms with E-state index in [-0.39, 0.29) is 0 Å². The predicted molar refractivity (Wildman–Crippen MR) is 113 cm³/mol. The van der Waals surface area contributed by atoms with Gasteiger partial charge in [0.2, 0.25) is 15.9 Å². The first-order valence-electron chi connectivity index (χ1n) is 8.96. The minimum absolute atomic E-state index is 0.444. The number of amides is 1. The molecule has 150 valence electrons. The van der Waals surface area contributed by atoms with Crippen LogP contribution in [0.5, 0.6) is 11.5 Å². The number of carbonyl (C=O) groups is 1. The van der Waals surface area contributed by atoms with Crippen molar-refractivity contribution in [2.24, 2.45) is 0 Å². The quantitative estimate of drug-likeness (QED) is 0.638. The molecule has 29 heavy (non-hydrogen) atoms. The highest BCUT2D eigenvalue weighted by Crippen LogP contribution is 2.26. The van der Waals surface area contributed by atoms with Gasteiger partial charge in [0, 0.05) is 12.7 Å². The summed E-state index contributed by atoms with van der Waals surface area (Å²) >= 11 is 0. The molecule has 0 spiro atoms. The Morgan fingerprint density at radius 2 is 1.38 bits per heavy atom. The molecular weight excluding hydrogens is 388 g/mol. The fraction of sp³-hybridized carbons (Fsp3) is 0.136. The van der Waals surface area contributed by atoms with Crippen molar-refractivity contribution in [3.05, 3.63) is 90.5 Å². The lowest BCUT2D eigenvalue weighted by Crippen LogP contribution is -2.38. The Balaban J connectivity index is 1.77. The van der Waals surface area contributed by atoms with E-state index < -0.39 is 22.0 Å². The third-order valence-corrected chi connectivity index (χ3v) is 5.61. The number of hydrogen-bond donors (Lipinski definition) is 1. The van der Waals surface area contributed by atoms with E-state index in [2.05, 4.69) is 5.32 Å². The Hall–Kier alpha value is -3.16. The fourth-order valence-corrected chi connectivity index (χ4v) is 3.40. The van der Waals surface area contributed by atoms with Gasteiger partial charge in [-0.05, 0) is 42.0 Å². The molecular formula is C22H22N2O4S. The molecule has 0 bridgehead atoms. The zero-order chi connectivity index (χ0) is 20.9. The van der Waals surface area contributed by atoms with Crippen LogP contribution in [-0.4, -0.2) is 31.9 Å². The summed E-state index contributed by atoms with van der Waals surface area (Å²) in [4.78, 5) is 12.9. The number of benzene rings is 3. The van der Waals surface area contributed by atoms with Crippen LogP contribution in [0.1, 0.15) is 11.6 Å². The largest absolute Gasteiger partial charge is 0.457 e. The molecule has 3 rings (SSSR count). The highest BCUT2D eigenvalue weighted by atomic mass is 32.2. The van der Waals surface area contributed by atoms with Gasteiger partial charge < -0.3 is 10.1 Å². The van der Waals surface area contributed by atoms with Gasteiger partial charge in [0.05, 0.1) is 6.26 Å². The van der Waals surface area contributed by atoms with Gasteiger partial charge in [-0.2, -0.15) is 4.31 Å². The van der Waals surface area contributed by atoms with Gasteiger partial charge >= 0.3 is 0 Å². The lowest BCUT2D eigenvalue weighted by Gasteiger charge is -2.25. The van der Waals surface area contributed by atoms with Crippen molar-refractivity contribution in [3.8, 4) is 11.5 Å². The molecule has 0 heterocycles. The number of rotatable bonds is 7. The summed E-state index contributed by atoms with van der Waals surface area (Å²) in [5.41, 5.74) is 1.13. The summed E-state index contributed by atoms with van der Waals surface area (Å²) in [5.74, 6) is 0.895. The van der Waals surface area contributed by atoms with Crippen molar-refractivity contribution < 1.29 is 17.9 Å². The second kappa shape index (κ2) is 8.89. The van der Waals surface area contributed by atoms with Crippen LogP contribution < -0.4 is 10.1 Å². The summed E-state index contributed by atoms with van der Waals surface area (Å²) in [6.45, 7) is 0. The van der Waals surface area contributed by atoms with Gasteiger partial charge in [0.15, 0.2) is 0 Å². The molecule has 3 aromatic rings. The second-order valence-electron chi connectivity index (χ2n) is 6.52. The van der Waals surface area contributed by atoms with E-state index in [0.29, 0.717) is 22.7 Å². The monoisotopic (exact) mass is 410 g/mol. The van der Waals surface area contributed by atoms with Crippen molar-refractivity contribution in [3.63, 3.8) is 0 Å². The number of nitrogens with zero attached hydrogens (tertiary/aromatic N) is 1. The summed E-state index contributed by atoms with van der Waals surface area (Å²) in [5, 5.41) is 2.78. The number of likely N-dealkylation sites (N-methyl/N-ethyl adjacent to an activating group) is 1. The summed E-state index contributed by atoms with van der Waals surface area (Å²) < 4.78 is 30.9. The SMILES string of the molecule is CN([C@@H](C(=O)Nc1ccc(Oc2ccccc2)cc1)c1ccccc1)S(C)(=O)=O. The van der Waals surface area contributed by atoms with E-state index in [9.17, 15) is 13.2 Å². The maximum atomic E-state index is 12.9. The van der Waals surface area contributed by atoms with Crippen LogP contribution in [0, 0.1) is 0 Å². The van der Waals surface area contributed by atoms with Crippen LogP contribution >= 0.6 is 0 Å². The molecule has 3 aromatic carbocycles. The molecule has 7 heteroatoms. The zero-order valence-corrected chi connectivity index (χ0v) is 17.0. The van der Waals surface area contributed by atoms with Gasteiger partial charge in [-0.25, -0.2) is 8.42 Å². The molecule has 0 aliphatic carbocycles. The average molecular weight is 410 g/mol. The van der Waals surface area contributed by atoms with Crippen molar-refractivity contribution >= 4 is 21.6 Å². The number of ether oxygens (including phenoxy) is 1. The maximum Gasteiger partial charge on any atom is 0.247 e. The molecule has 0 aliphatic heterocycles. The van der Waals surface area contributed by atoms with Crippen LogP contribution in [0.15, 0.2) is 84.9 Å². The van der Waals surface area contributed by atoms with Crippen molar-refractivity contribution in [2.45, 2.75) is 6.04 Å². The molecule has 0 fully saturated rings. The minimum atomic E-state index is -3.58. The van der Waals surface area contributed by atoms with Crippen LogP contribution in [0.2, 0.25) is 0 Å². The number of anilines is 1. The van der Waals surface area contributed by atoms with Gasteiger partial charge in [0.1, 0.15) is 17.5 Å². The van der Waals surface area contributed by atoms with E-state index in [1.165, 1.54) is 7.05 Å². The number of para-hydroxylation sites is 1. The number of carbonyl (C=O) groups excluding carboxylic acids is 1. The maximum absolute atomic E-state index is 12.9. The Bertz CT molecular complexity index is 1050. The predicted octanol–water partition coefficient (Wildman–Crippen LogP) is 4.05. The number of hydrogen-bond acceptors (Lipinski definition) is 4. The first-order valence-corrected chi connectivity index (χ1v) is 10.8. The summed E-state index contributed by atoms with van der Waals surface area (Å²) in [7, 11) is -2.18. The fourth-order valence-electron chi connectivity index (χ4n) is 2.79. The van der Waals surface area contributed by atoms with E-state index in [4.69, 9.17) is 4.74 Å². The van der Waals surface area contributed by atoms with Gasteiger partial charge in [-0.3, -0.25) is 4.79 Å². The molecule has 1 amide bonds. The van der Waals surface area contributed by atoms with E-state index >= 15 is 0 Å². The topological polar surface area (TPSA) is 75.7 Å². The molecule has 6 nitrogen and oxygen atoms in total. The molecule has 0 saturated heterocycles. The molecule has 0 unspecified atom stereocenters. The van der Waals surface area contributed by atoms with Gasteiger partial charge in [-0.15, -0.1) is 0 Å². The van der Waals surface area contributed by atoms with E-state index in [1.54, 1.807) is 48.5 Å². The lowest BCUT2D eigenvalue weighted by molar-refractivity contribution is -0.119. The minimum Gasteiger partial charge on any atom is -0.457 e. The van der Waals surface area contributed by atoms with Crippen LogP contribution in [-0.2, 0) is 14.8 Å². The van der Waals surface area contributed by atoms with Crippen LogP contribution in [0.4, 0.5) is 5.69 Å². The standard InChI is InChI=1S/C22H22N2O4S/c1-24(29(2,26)27)21(17-9-5-3-6-10-17)22(25)23-18-13-15-20(16-14-18)28-19-11-7-4-8-12-19/h3-16,21H,1-2H3,(H,23,25)/t21-/m1/s1. The molecule has 0 saturated carbocycles. The Morgan fingerprint density at radius 3 is 1.93 bits per heavy atom. The van der Waals surface area contributed by atoms with Crippen molar-refractivity contribution in [1.29, 1.82) is 0 Å². The van der Waals surface area contributed by atoms with E-state index in [1.807, 2.05) is 36.4 Å². The van der Waals surface area contributed by atoms with Crippen LogP contribution in [0.25, 0.3) is 0 Å². The van der Waals surface area contributed by atoms with Crippen molar-refractivity contribution in [1.82, 2.24) is 4.31 Å². The highest BCUT2D eigenvalue weighted by molar-refractivity contribution is 7.88. The van der Waals surface area contributed by atoms with Crippen LogP contribution in [0.3, 0.4) is 0 Å². The molecule has 0 aromatic heterocycles. The van der Waals surface area contributed by atoms with Crippen molar-refractivity contribution in [2.75, 3.05) is 18.6 Å². The average Bonchev–Trinajstić information content (AvgIpc) is 2.70. The third kappa shape index (κ3) is 5.43.